The van der Waals surface area contributed by atoms with E-state index in [-0.39, 0.29) is 28.5 Å². The van der Waals surface area contributed by atoms with Gasteiger partial charge in [0.2, 0.25) is 11.8 Å². The number of carbonyl (C=O) groups excluding carboxylic acids is 5. The SMILES string of the molecule is O=C[C@H](CCC(=O)N1CCC[C@@H](C(=O)N[C@H](C=O)CC(=O)O)N1)NC(=O)c1ccc(Cl)c(Cl)c1. The minimum absolute atomic E-state index is 0.0241. The average Bonchev–Trinajstić information content (AvgIpc) is 2.82. The summed E-state index contributed by atoms with van der Waals surface area (Å²) >= 11 is 11.7. The molecule has 0 saturated carbocycles. The Bertz CT molecular complexity index is 959. The second-order valence-corrected chi connectivity index (χ2v) is 8.42. The maximum Gasteiger partial charge on any atom is 0.305 e. The van der Waals surface area contributed by atoms with Crippen LogP contribution in [0.4, 0.5) is 0 Å². The van der Waals surface area contributed by atoms with E-state index in [1.807, 2.05) is 0 Å². The van der Waals surface area contributed by atoms with Crippen molar-refractivity contribution in [1.82, 2.24) is 21.1 Å². The topological polar surface area (TPSA) is 162 Å². The molecule has 13 heteroatoms. The molecule has 1 saturated heterocycles. The standard InChI is InChI=1S/C21H24Cl2N4O7/c22-15-5-3-12(8-16(15)23)20(33)24-13(10-28)4-6-18(30)27-7-1-2-17(26-27)21(34)25-14(11-29)9-19(31)32/h3,5,8,10-11,13-14,17,26H,1-2,4,6-7,9H2,(H,24,33)(H,25,34)(H,31,32)/t13-,14-,17-/m0/s1. The van der Waals surface area contributed by atoms with E-state index in [1.165, 1.54) is 23.2 Å². The van der Waals surface area contributed by atoms with E-state index in [0.29, 0.717) is 32.0 Å². The summed E-state index contributed by atoms with van der Waals surface area (Å²) in [5, 5.41) is 15.3. The molecular formula is C21H24Cl2N4O7. The van der Waals surface area contributed by atoms with Crippen LogP contribution >= 0.6 is 23.2 Å². The second kappa shape index (κ2) is 13.0. The zero-order chi connectivity index (χ0) is 25.3. The van der Waals surface area contributed by atoms with E-state index in [1.54, 1.807) is 0 Å². The summed E-state index contributed by atoms with van der Waals surface area (Å²) in [5.74, 6) is -2.79. The molecule has 1 aromatic rings. The van der Waals surface area contributed by atoms with E-state index in [0.717, 1.165) is 0 Å². The molecule has 184 valence electrons. The van der Waals surface area contributed by atoms with Crippen LogP contribution in [0.3, 0.4) is 0 Å². The molecule has 3 amide bonds. The third-order valence-electron chi connectivity index (χ3n) is 5.02. The lowest BCUT2D eigenvalue weighted by molar-refractivity contribution is -0.140. The van der Waals surface area contributed by atoms with Crippen molar-refractivity contribution in [3.63, 3.8) is 0 Å². The molecule has 1 aliphatic heterocycles. The predicted octanol–water partition coefficient (Wildman–Crippen LogP) is 0.725. The van der Waals surface area contributed by atoms with E-state index in [4.69, 9.17) is 28.3 Å². The number of halogens is 2. The zero-order valence-corrected chi connectivity index (χ0v) is 19.5. The molecule has 0 spiro atoms. The largest absolute Gasteiger partial charge is 0.481 e. The molecule has 0 radical (unpaired) electrons. The van der Waals surface area contributed by atoms with Crippen LogP contribution in [0.25, 0.3) is 0 Å². The van der Waals surface area contributed by atoms with E-state index < -0.39 is 48.2 Å². The Labute approximate surface area is 205 Å². The number of nitrogens with zero attached hydrogens (tertiary/aromatic N) is 1. The Morgan fingerprint density at radius 3 is 2.44 bits per heavy atom. The molecule has 2 rings (SSSR count). The van der Waals surface area contributed by atoms with Crippen LogP contribution in [0.2, 0.25) is 10.0 Å². The Balaban J connectivity index is 1.87. The predicted molar refractivity (Wildman–Crippen MR) is 121 cm³/mol. The van der Waals surface area contributed by atoms with Crippen molar-refractivity contribution in [3.05, 3.63) is 33.8 Å². The van der Waals surface area contributed by atoms with Gasteiger partial charge in [0.25, 0.3) is 5.91 Å². The first-order valence-corrected chi connectivity index (χ1v) is 11.2. The molecule has 1 fully saturated rings. The van der Waals surface area contributed by atoms with Gasteiger partial charge in [0, 0.05) is 18.5 Å². The molecule has 0 bridgehead atoms. The molecule has 3 atom stereocenters. The highest BCUT2D eigenvalue weighted by atomic mass is 35.5. The number of hydrogen-bond acceptors (Lipinski definition) is 7. The van der Waals surface area contributed by atoms with Gasteiger partial charge in [0.15, 0.2) is 0 Å². The Morgan fingerprint density at radius 1 is 1.12 bits per heavy atom. The Hall–Kier alpha value is -3.02. The van der Waals surface area contributed by atoms with Crippen LogP contribution in [0.15, 0.2) is 18.2 Å². The fourth-order valence-corrected chi connectivity index (χ4v) is 3.54. The number of aliphatic carboxylic acids is 1. The number of hydrazine groups is 1. The number of nitrogens with one attached hydrogen (secondary N) is 3. The number of rotatable bonds is 11. The molecule has 11 nitrogen and oxygen atoms in total. The van der Waals surface area contributed by atoms with Gasteiger partial charge in [-0.25, -0.2) is 5.43 Å². The van der Waals surface area contributed by atoms with Crippen molar-refractivity contribution < 1.29 is 33.9 Å². The lowest BCUT2D eigenvalue weighted by Gasteiger charge is -2.33. The van der Waals surface area contributed by atoms with Gasteiger partial charge < -0.3 is 25.3 Å². The van der Waals surface area contributed by atoms with Crippen LogP contribution < -0.4 is 16.1 Å². The molecule has 1 aliphatic rings. The highest BCUT2D eigenvalue weighted by Gasteiger charge is 2.29. The average molecular weight is 515 g/mol. The van der Waals surface area contributed by atoms with Gasteiger partial charge in [-0.3, -0.25) is 24.2 Å². The lowest BCUT2D eigenvalue weighted by atomic mass is 10.1. The van der Waals surface area contributed by atoms with Gasteiger partial charge in [-0.05, 0) is 37.5 Å². The van der Waals surface area contributed by atoms with Crippen molar-refractivity contribution in [2.24, 2.45) is 0 Å². The van der Waals surface area contributed by atoms with Crippen molar-refractivity contribution in [2.45, 2.75) is 50.2 Å². The molecule has 1 aromatic carbocycles. The van der Waals surface area contributed by atoms with Crippen LogP contribution in [-0.2, 0) is 24.0 Å². The quantitative estimate of drug-likeness (QED) is 0.314. The molecular weight excluding hydrogens is 491 g/mol. The minimum atomic E-state index is -1.23. The number of carbonyl (C=O) groups is 6. The first kappa shape index (κ1) is 27.2. The monoisotopic (exact) mass is 514 g/mol. The van der Waals surface area contributed by atoms with Gasteiger partial charge in [-0.15, -0.1) is 0 Å². The maximum atomic E-state index is 12.6. The van der Waals surface area contributed by atoms with Crippen molar-refractivity contribution >= 4 is 59.5 Å². The Kier molecular flexibility index (Phi) is 10.4. The number of aldehydes is 2. The number of benzene rings is 1. The summed E-state index contributed by atoms with van der Waals surface area (Å²) < 4.78 is 0. The van der Waals surface area contributed by atoms with E-state index in [2.05, 4.69) is 16.1 Å². The summed E-state index contributed by atoms with van der Waals surface area (Å²) in [6.07, 6.45) is 1.11. The summed E-state index contributed by atoms with van der Waals surface area (Å²) in [7, 11) is 0. The molecule has 0 unspecified atom stereocenters. The second-order valence-electron chi connectivity index (χ2n) is 7.60. The van der Waals surface area contributed by atoms with Crippen LogP contribution in [-0.4, -0.2) is 71.0 Å². The minimum Gasteiger partial charge on any atom is -0.481 e. The van der Waals surface area contributed by atoms with Crippen molar-refractivity contribution in [3.8, 4) is 0 Å². The summed E-state index contributed by atoms with van der Waals surface area (Å²) in [4.78, 5) is 70.4. The lowest BCUT2D eigenvalue weighted by Crippen LogP contribution is -2.58. The highest BCUT2D eigenvalue weighted by molar-refractivity contribution is 6.42. The third-order valence-corrected chi connectivity index (χ3v) is 5.76. The maximum absolute atomic E-state index is 12.6. The van der Waals surface area contributed by atoms with Crippen LogP contribution in [0.5, 0.6) is 0 Å². The van der Waals surface area contributed by atoms with Gasteiger partial charge >= 0.3 is 5.97 Å². The normalized spacial score (nSPS) is 17.2. The number of carboxylic acids is 1. The van der Waals surface area contributed by atoms with Gasteiger partial charge in [-0.2, -0.15) is 0 Å². The summed E-state index contributed by atoms with van der Waals surface area (Å²) in [6.45, 7) is 0.316. The summed E-state index contributed by atoms with van der Waals surface area (Å²) in [5.41, 5.74) is 2.97. The van der Waals surface area contributed by atoms with Crippen molar-refractivity contribution in [2.75, 3.05) is 6.54 Å². The molecule has 34 heavy (non-hydrogen) atoms. The number of carboxylic acid groups (broad SMARTS) is 1. The van der Waals surface area contributed by atoms with E-state index in [9.17, 15) is 28.8 Å². The first-order chi connectivity index (χ1) is 16.1. The summed E-state index contributed by atoms with van der Waals surface area (Å²) in [6, 6.07) is 1.33. The molecule has 1 heterocycles. The molecule has 0 aromatic heterocycles. The first-order valence-electron chi connectivity index (χ1n) is 10.4. The van der Waals surface area contributed by atoms with Crippen molar-refractivity contribution in [1.29, 1.82) is 0 Å². The van der Waals surface area contributed by atoms with Gasteiger partial charge in [0.1, 0.15) is 18.6 Å². The van der Waals surface area contributed by atoms with Gasteiger partial charge in [-0.1, -0.05) is 23.2 Å². The highest BCUT2D eigenvalue weighted by Crippen LogP contribution is 2.22. The smallest absolute Gasteiger partial charge is 0.305 e. The van der Waals surface area contributed by atoms with Crippen LogP contribution in [0.1, 0.15) is 42.5 Å². The molecule has 0 aliphatic carbocycles. The number of hydrogen-bond donors (Lipinski definition) is 4. The fraction of sp³-hybridized carbons (Fsp3) is 0.429. The Morgan fingerprint density at radius 2 is 1.82 bits per heavy atom. The number of amides is 3. The van der Waals surface area contributed by atoms with E-state index >= 15 is 0 Å². The van der Waals surface area contributed by atoms with Gasteiger partial charge in [0.05, 0.1) is 28.5 Å². The third kappa shape index (κ3) is 8.08. The fourth-order valence-electron chi connectivity index (χ4n) is 3.24. The zero-order valence-electron chi connectivity index (χ0n) is 18.0. The van der Waals surface area contributed by atoms with Crippen LogP contribution in [0, 0.1) is 0 Å². The molecule has 4 N–H and O–H groups in total.